The Labute approximate surface area is 59.1 Å². The van der Waals surface area contributed by atoms with E-state index < -0.39 is 0 Å². The van der Waals surface area contributed by atoms with Crippen molar-refractivity contribution in [2.45, 2.75) is 19.8 Å². The van der Waals surface area contributed by atoms with Crippen LogP contribution in [-0.4, -0.2) is 6.61 Å². The molecule has 0 aromatic heterocycles. The first-order valence-electron chi connectivity index (χ1n) is 2.13. The van der Waals surface area contributed by atoms with Gasteiger partial charge in [0.15, 0.2) is 0 Å². The van der Waals surface area contributed by atoms with Gasteiger partial charge >= 0.3 is 46.3 Å². The Hall–Kier alpha value is 0.756. The predicted octanol–water partition coefficient (Wildman–Crippen LogP) is 1.69. The topological polar surface area (TPSA) is 9.23 Å². The van der Waals surface area contributed by atoms with Gasteiger partial charge in [0.25, 0.3) is 0 Å². The fourth-order valence-electron chi connectivity index (χ4n) is 0.192. The van der Waals surface area contributed by atoms with Crippen LogP contribution in [-0.2, 0) is 19.9 Å². The molecule has 3 heteroatoms. The van der Waals surface area contributed by atoms with Gasteiger partial charge in [0, 0.05) is 0 Å². The minimum absolute atomic E-state index is 0. The molecular weight excluding hydrogens is 158 g/mol. The van der Waals surface area contributed by atoms with E-state index in [0.29, 0.717) is 0 Å². The third-order valence-electron chi connectivity index (χ3n) is 0.566. The van der Waals surface area contributed by atoms with Gasteiger partial charge in [-0.15, -0.1) is 12.4 Å². The second kappa shape index (κ2) is 9.90. The Balaban J connectivity index is 0. The molecule has 0 saturated heterocycles. The van der Waals surface area contributed by atoms with Crippen LogP contribution in [0.25, 0.3) is 0 Å². The van der Waals surface area contributed by atoms with Gasteiger partial charge < -0.3 is 0 Å². The second-order valence-corrected chi connectivity index (χ2v) is 1.45. The molecule has 7 heavy (non-hydrogen) atoms. The molecule has 0 spiro atoms. The van der Waals surface area contributed by atoms with Crippen molar-refractivity contribution in [2.24, 2.45) is 0 Å². The van der Waals surface area contributed by atoms with Gasteiger partial charge in [-0.3, -0.25) is 0 Å². The summed E-state index contributed by atoms with van der Waals surface area (Å²) in [5, 5.41) is 0. The maximum absolute atomic E-state index is 4.47. The van der Waals surface area contributed by atoms with E-state index in [9.17, 15) is 0 Å². The Morgan fingerprint density at radius 1 is 1.57 bits per heavy atom. The van der Waals surface area contributed by atoms with Crippen LogP contribution >= 0.6 is 12.4 Å². The van der Waals surface area contributed by atoms with Crippen molar-refractivity contribution in [3.63, 3.8) is 0 Å². The molecule has 0 radical (unpaired) electrons. The number of unbranched alkanes of at least 4 members (excludes halogenated alkanes) is 1. The molecule has 0 rings (SSSR count). The molecule has 0 fully saturated rings. The first-order valence-corrected chi connectivity index (χ1v) is 2.56. The normalized spacial score (nSPS) is 7.86. The Kier molecular flexibility index (Phi) is 15.1. The summed E-state index contributed by atoms with van der Waals surface area (Å²) in [5.41, 5.74) is 0. The van der Waals surface area contributed by atoms with Crippen LogP contribution in [0.3, 0.4) is 0 Å². The van der Waals surface area contributed by atoms with Crippen LogP contribution in [0.1, 0.15) is 19.8 Å². The standard InChI is InChI=1S/C4H9O.ClH.Co/c1-2-3-4-5;;/h2-4H2,1H3;1H;/q-1;;+1. The van der Waals surface area contributed by atoms with E-state index in [1.807, 2.05) is 0 Å². The summed E-state index contributed by atoms with van der Waals surface area (Å²) in [6.45, 7) is 2.89. The van der Waals surface area contributed by atoms with Gasteiger partial charge in [-0.2, -0.15) is 0 Å². The fraction of sp³-hybridized carbons (Fsp3) is 1.00. The van der Waals surface area contributed by atoms with Gasteiger partial charge in [0.2, 0.25) is 0 Å². The summed E-state index contributed by atoms with van der Waals surface area (Å²) < 4.78 is 4.47. The summed E-state index contributed by atoms with van der Waals surface area (Å²) in [6, 6.07) is 0. The van der Waals surface area contributed by atoms with E-state index in [0.717, 1.165) is 13.0 Å². The van der Waals surface area contributed by atoms with Crippen molar-refractivity contribution >= 4 is 12.4 Å². The monoisotopic (exact) mass is 168 g/mol. The van der Waals surface area contributed by atoms with Crippen LogP contribution in [0.2, 0.25) is 0 Å². The Morgan fingerprint density at radius 2 is 2.14 bits per heavy atom. The number of rotatable bonds is 3. The summed E-state index contributed by atoms with van der Waals surface area (Å²) in [5.74, 6) is 0. The van der Waals surface area contributed by atoms with Crippen LogP contribution in [0.5, 0.6) is 0 Å². The molecule has 0 unspecified atom stereocenters. The molecule has 0 bridgehead atoms. The van der Waals surface area contributed by atoms with Crippen LogP contribution < -0.4 is 0 Å². The molecule has 0 heterocycles. The first-order chi connectivity index (χ1) is 2.91. The summed E-state index contributed by atoms with van der Waals surface area (Å²) in [4.78, 5) is 0. The second-order valence-electron chi connectivity index (χ2n) is 1.15. The molecule has 0 N–H and O–H groups in total. The Bertz CT molecular complexity index is 23.7. The van der Waals surface area contributed by atoms with E-state index in [1.54, 1.807) is 0 Å². The summed E-state index contributed by atoms with van der Waals surface area (Å²) >= 11 is 3.60. The van der Waals surface area contributed by atoms with Crippen molar-refractivity contribution in [1.29, 1.82) is 0 Å². The number of hydrogen-bond acceptors (Lipinski definition) is 1. The van der Waals surface area contributed by atoms with Crippen molar-refractivity contribution in [3.8, 4) is 0 Å². The van der Waals surface area contributed by atoms with Crippen molar-refractivity contribution in [1.82, 2.24) is 0 Å². The number of halogens is 1. The molecule has 0 aromatic carbocycles. The molecule has 0 aromatic rings. The smallest absolute Gasteiger partial charge is 0.147 e. The molecule has 0 aliphatic carbocycles. The molecule has 48 valence electrons. The van der Waals surface area contributed by atoms with Gasteiger partial charge in [-0.1, -0.05) is 0 Å². The average Bonchev–Trinajstić information content (AvgIpc) is 1.61. The molecule has 1 nitrogen and oxygen atoms in total. The van der Waals surface area contributed by atoms with Crippen molar-refractivity contribution < 1.29 is 19.9 Å². The molecule has 0 aliphatic rings. The number of hydrogen-bond donors (Lipinski definition) is 0. The summed E-state index contributed by atoms with van der Waals surface area (Å²) in [6.07, 6.45) is 2.29. The Morgan fingerprint density at radius 3 is 2.29 bits per heavy atom. The van der Waals surface area contributed by atoms with Crippen LogP contribution in [0, 0.1) is 0 Å². The minimum Gasteiger partial charge on any atom is -0.147 e. The minimum atomic E-state index is 0. The van der Waals surface area contributed by atoms with Crippen LogP contribution in [0.4, 0.5) is 0 Å². The van der Waals surface area contributed by atoms with Gasteiger partial charge in [0.1, 0.15) is 0 Å². The zero-order valence-corrected chi connectivity index (χ0v) is 6.13. The molecule has 0 atom stereocenters. The predicted molar refractivity (Wildman–Crippen MR) is 28.1 cm³/mol. The van der Waals surface area contributed by atoms with Crippen molar-refractivity contribution in [3.05, 3.63) is 0 Å². The van der Waals surface area contributed by atoms with Gasteiger partial charge in [-0.05, 0) is 0 Å². The maximum Gasteiger partial charge on any atom is -0.147 e. The van der Waals surface area contributed by atoms with E-state index in [-0.39, 0.29) is 12.4 Å². The largest absolute Gasteiger partial charge is 0.147 e. The SMILES string of the molecule is CCCC[O][Co].Cl. The third-order valence-corrected chi connectivity index (χ3v) is 0.778. The van der Waals surface area contributed by atoms with E-state index in [2.05, 4.69) is 26.8 Å². The molecule has 0 aliphatic heterocycles. The van der Waals surface area contributed by atoms with Gasteiger partial charge in [-0.25, -0.2) is 0 Å². The first kappa shape index (κ1) is 10.7. The summed E-state index contributed by atoms with van der Waals surface area (Å²) in [7, 11) is 0. The third kappa shape index (κ3) is 10.8. The fourth-order valence-corrected chi connectivity index (χ4v) is 0.343. The van der Waals surface area contributed by atoms with E-state index in [1.165, 1.54) is 6.42 Å². The zero-order chi connectivity index (χ0) is 4.83. The van der Waals surface area contributed by atoms with E-state index >= 15 is 0 Å². The average molecular weight is 169 g/mol. The van der Waals surface area contributed by atoms with E-state index in [4.69, 9.17) is 0 Å². The molecule has 0 amide bonds. The zero-order valence-electron chi connectivity index (χ0n) is 4.27. The molecule has 0 saturated carbocycles. The van der Waals surface area contributed by atoms with Gasteiger partial charge in [0.05, 0.1) is 0 Å². The molecular formula is C4H10ClCoO. The van der Waals surface area contributed by atoms with Crippen molar-refractivity contribution in [2.75, 3.05) is 6.61 Å². The van der Waals surface area contributed by atoms with Crippen LogP contribution in [0.15, 0.2) is 0 Å². The maximum atomic E-state index is 4.47. The quantitative estimate of drug-likeness (QED) is 0.583.